The second kappa shape index (κ2) is 3.25. The molecule has 3 heteroatoms. The van der Waals surface area contributed by atoms with Gasteiger partial charge < -0.3 is 5.73 Å². The molecule has 0 bridgehead atoms. The quantitative estimate of drug-likeness (QED) is 0.659. The minimum atomic E-state index is 0.632. The summed E-state index contributed by atoms with van der Waals surface area (Å²) in [5.41, 5.74) is 10.0. The maximum absolute atomic E-state index is 9.02. The molecule has 0 amide bonds. The molecule has 1 aromatic carbocycles. The molecule has 0 spiro atoms. The van der Waals surface area contributed by atoms with Crippen LogP contribution in [0.3, 0.4) is 0 Å². The Hall–Kier alpha value is -2.08. The van der Waals surface area contributed by atoms with Gasteiger partial charge in [0, 0.05) is 17.3 Å². The second-order valence-corrected chi connectivity index (χ2v) is 3.60. The molecule has 0 radical (unpaired) electrons. The Bertz CT molecular complexity index is 579. The average molecular weight is 197 g/mol. The van der Waals surface area contributed by atoms with Gasteiger partial charge in [-0.2, -0.15) is 5.26 Å². The van der Waals surface area contributed by atoms with Crippen molar-refractivity contribution in [2.75, 3.05) is 5.73 Å². The Morgan fingerprint density at radius 1 is 1.40 bits per heavy atom. The summed E-state index contributed by atoms with van der Waals surface area (Å²) in [6.45, 7) is 3.87. The number of rotatable bonds is 0. The van der Waals surface area contributed by atoms with E-state index in [1.165, 1.54) is 0 Å². The topological polar surface area (TPSA) is 62.7 Å². The highest BCUT2D eigenvalue weighted by molar-refractivity contribution is 5.93. The lowest BCUT2D eigenvalue weighted by Gasteiger charge is -2.09. The maximum Gasteiger partial charge on any atom is 0.0999 e. The van der Waals surface area contributed by atoms with Crippen LogP contribution in [0.1, 0.15) is 16.7 Å². The normalized spacial score (nSPS) is 10.2. The van der Waals surface area contributed by atoms with Gasteiger partial charge in [-0.1, -0.05) is 0 Å². The molecule has 1 heterocycles. The molecule has 0 atom stereocenters. The zero-order valence-electron chi connectivity index (χ0n) is 8.70. The lowest BCUT2D eigenvalue weighted by Crippen LogP contribution is -1.96. The third-order valence-electron chi connectivity index (χ3n) is 2.62. The van der Waals surface area contributed by atoms with Crippen LogP contribution in [0.25, 0.3) is 10.9 Å². The highest BCUT2D eigenvalue weighted by Gasteiger charge is 2.09. The van der Waals surface area contributed by atoms with Gasteiger partial charge in [-0.05, 0) is 37.1 Å². The number of hydrogen-bond acceptors (Lipinski definition) is 3. The number of benzene rings is 1. The number of hydrogen-bond donors (Lipinski definition) is 1. The predicted molar refractivity (Wildman–Crippen MR) is 60.3 cm³/mol. The molecule has 0 aliphatic heterocycles. The third-order valence-corrected chi connectivity index (χ3v) is 2.62. The van der Waals surface area contributed by atoms with Crippen LogP contribution in [0.15, 0.2) is 18.3 Å². The number of nitrogens with zero attached hydrogens (tertiary/aromatic N) is 2. The summed E-state index contributed by atoms with van der Waals surface area (Å²) in [7, 11) is 0. The summed E-state index contributed by atoms with van der Waals surface area (Å²) < 4.78 is 0. The van der Waals surface area contributed by atoms with Gasteiger partial charge in [0.2, 0.25) is 0 Å². The Morgan fingerprint density at radius 2 is 2.13 bits per heavy atom. The van der Waals surface area contributed by atoms with Gasteiger partial charge in [-0.15, -0.1) is 0 Å². The molecule has 2 rings (SSSR count). The van der Waals surface area contributed by atoms with Gasteiger partial charge in [-0.3, -0.25) is 4.98 Å². The average Bonchev–Trinajstić information content (AvgIpc) is 2.25. The van der Waals surface area contributed by atoms with Crippen molar-refractivity contribution >= 4 is 16.6 Å². The number of aryl methyl sites for hydroxylation is 2. The standard InChI is InChI=1S/C12H11N3/c1-7-5-10(14)8(2)11-9(6-13)3-4-15-12(7)11/h3-5H,14H2,1-2H3. The summed E-state index contributed by atoms with van der Waals surface area (Å²) in [6, 6.07) is 5.78. The highest BCUT2D eigenvalue weighted by Crippen LogP contribution is 2.27. The van der Waals surface area contributed by atoms with Crippen molar-refractivity contribution in [3.8, 4) is 6.07 Å². The fourth-order valence-electron chi connectivity index (χ4n) is 1.79. The van der Waals surface area contributed by atoms with E-state index < -0.39 is 0 Å². The molecule has 2 aromatic rings. The summed E-state index contributed by atoms with van der Waals surface area (Å²) in [6.07, 6.45) is 1.66. The first kappa shape index (κ1) is 9.47. The molecule has 0 saturated heterocycles. The molecule has 0 saturated carbocycles. The van der Waals surface area contributed by atoms with E-state index in [1.54, 1.807) is 12.3 Å². The van der Waals surface area contributed by atoms with E-state index in [2.05, 4.69) is 11.1 Å². The van der Waals surface area contributed by atoms with Crippen LogP contribution in [0.2, 0.25) is 0 Å². The Labute approximate surface area is 88.2 Å². The van der Waals surface area contributed by atoms with Crippen molar-refractivity contribution in [2.24, 2.45) is 0 Å². The molecular weight excluding hydrogens is 186 g/mol. The molecule has 0 aliphatic rings. The first-order valence-corrected chi connectivity index (χ1v) is 4.69. The lowest BCUT2D eigenvalue weighted by molar-refractivity contribution is 1.33. The van der Waals surface area contributed by atoms with Gasteiger partial charge in [-0.25, -0.2) is 0 Å². The molecule has 3 nitrogen and oxygen atoms in total. The van der Waals surface area contributed by atoms with Crippen molar-refractivity contribution in [3.05, 3.63) is 35.0 Å². The Balaban J connectivity index is 3.05. The number of anilines is 1. The number of aromatic nitrogens is 1. The van der Waals surface area contributed by atoms with Gasteiger partial charge >= 0.3 is 0 Å². The summed E-state index contributed by atoms with van der Waals surface area (Å²) in [5.74, 6) is 0. The van der Waals surface area contributed by atoms with Crippen molar-refractivity contribution in [1.29, 1.82) is 5.26 Å². The van der Waals surface area contributed by atoms with E-state index in [0.717, 1.165) is 22.0 Å². The Kier molecular flexibility index (Phi) is 2.05. The highest BCUT2D eigenvalue weighted by atomic mass is 14.7. The predicted octanol–water partition coefficient (Wildman–Crippen LogP) is 2.31. The molecule has 0 fully saturated rings. The lowest BCUT2D eigenvalue weighted by atomic mass is 10.00. The second-order valence-electron chi connectivity index (χ2n) is 3.60. The molecule has 15 heavy (non-hydrogen) atoms. The number of nitrogen functional groups attached to an aromatic ring is 1. The first-order valence-electron chi connectivity index (χ1n) is 4.69. The minimum absolute atomic E-state index is 0.632. The SMILES string of the molecule is Cc1cc(N)c(C)c2c(C#N)ccnc12. The fraction of sp³-hybridized carbons (Fsp3) is 0.167. The van der Waals surface area contributed by atoms with Gasteiger partial charge in [0.25, 0.3) is 0 Å². The Morgan fingerprint density at radius 3 is 2.80 bits per heavy atom. The molecule has 0 aliphatic carbocycles. The van der Waals surface area contributed by atoms with E-state index in [1.807, 2.05) is 19.9 Å². The van der Waals surface area contributed by atoms with E-state index in [-0.39, 0.29) is 0 Å². The van der Waals surface area contributed by atoms with Crippen LogP contribution in [-0.2, 0) is 0 Å². The molecule has 74 valence electrons. The minimum Gasteiger partial charge on any atom is -0.398 e. The number of fused-ring (bicyclic) bond motifs is 1. The monoisotopic (exact) mass is 197 g/mol. The van der Waals surface area contributed by atoms with E-state index in [4.69, 9.17) is 11.0 Å². The smallest absolute Gasteiger partial charge is 0.0999 e. The van der Waals surface area contributed by atoms with Crippen LogP contribution in [-0.4, -0.2) is 4.98 Å². The zero-order valence-corrected chi connectivity index (χ0v) is 8.70. The van der Waals surface area contributed by atoms with Crippen LogP contribution in [0.5, 0.6) is 0 Å². The summed E-state index contributed by atoms with van der Waals surface area (Å²) in [4.78, 5) is 4.28. The number of pyridine rings is 1. The zero-order chi connectivity index (χ0) is 11.0. The molecule has 1 aromatic heterocycles. The van der Waals surface area contributed by atoms with E-state index in [0.29, 0.717) is 11.3 Å². The van der Waals surface area contributed by atoms with Crippen LogP contribution in [0, 0.1) is 25.2 Å². The van der Waals surface area contributed by atoms with Crippen LogP contribution < -0.4 is 5.73 Å². The molecular formula is C12H11N3. The van der Waals surface area contributed by atoms with Gasteiger partial charge in [0.05, 0.1) is 17.1 Å². The largest absolute Gasteiger partial charge is 0.398 e. The third kappa shape index (κ3) is 1.31. The summed E-state index contributed by atoms with van der Waals surface area (Å²) in [5, 5.41) is 9.90. The first-order chi connectivity index (χ1) is 7.15. The van der Waals surface area contributed by atoms with Crippen molar-refractivity contribution in [1.82, 2.24) is 4.98 Å². The number of nitriles is 1. The van der Waals surface area contributed by atoms with E-state index in [9.17, 15) is 0 Å². The van der Waals surface area contributed by atoms with Crippen LogP contribution in [0.4, 0.5) is 5.69 Å². The van der Waals surface area contributed by atoms with Crippen molar-refractivity contribution < 1.29 is 0 Å². The van der Waals surface area contributed by atoms with Crippen molar-refractivity contribution in [2.45, 2.75) is 13.8 Å². The summed E-state index contributed by atoms with van der Waals surface area (Å²) >= 11 is 0. The molecule has 2 N–H and O–H groups in total. The number of nitrogens with two attached hydrogens (primary N) is 1. The fourth-order valence-corrected chi connectivity index (χ4v) is 1.79. The van der Waals surface area contributed by atoms with Crippen molar-refractivity contribution in [3.63, 3.8) is 0 Å². The maximum atomic E-state index is 9.02. The van der Waals surface area contributed by atoms with Gasteiger partial charge in [0.1, 0.15) is 0 Å². The van der Waals surface area contributed by atoms with Crippen LogP contribution >= 0.6 is 0 Å². The van der Waals surface area contributed by atoms with E-state index >= 15 is 0 Å². The van der Waals surface area contributed by atoms with Gasteiger partial charge in [0.15, 0.2) is 0 Å². The molecule has 0 unspecified atom stereocenters.